The number of carbonyl (C=O) groups excluding carboxylic acids is 2. The molecule has 1 aliphatic rings. The van der Waals surface area contributed by atoms with E-state index in [9.17, 15) is 9.59 Å². The van der Waals surface area contributed by atoms with Gasteiger partial charge in [0.05, 0.1) is 0 Å². The van der Waals surface area contributed by atoms with E-state index in [1.54, 1.807) is 35.2 Å². The van der Waals surface area contributed by atoms with Crippen molar-refractivity contribution in [2.24, 2.45) is 7.05 Å². The Hall–Kier alpha value is -2.43. The van der Waals surface area contributed by atoms with Gasteiger partial charge in [0.1, 0.15) is 0 Å². The highest BCUT2D eigenvalue weighted by molar-refractivity contribution is 6.09. The Morgan fingerprint density at radius 3 is 2.95 bits per heavy atom. The molecular weight excluding hydrogens is 242 g/mol. The van der Waals surface area contributed by atoms with Gasteiger partial charge in [-0.3, -0.25) is 14.9 Å². The lowest BCUT2D eigenvalue weighted by atomic mass is 10.0. The predicted molar refractivity (Wildman–Crippen MR) is 70.3 cm³/mol. The molecule has 5 nitrogen and oxygen atoms in total. The largest absolute Gasteiger partial charge is 0.320 e. The van der Waals surface area contributed by atoms with Gasteiger partial charge in [-0.1, -0.05) is 12.1 Å². The van der Waals surface area contributed by atoms with Crippen LogP contribution < -0.4 is 5.32 Å². The summed E-state index contributed by atoms with van der Waals surface area (Å²) in [7, 11) is 1.81. The fourth-order valence-electron chi connectivity index (χ4n) is 2.36. The third-order valence-corrected chi connectivity index (χ3v) is 3.37. The maximum Gasteiger partial charge on any atom is 0.258 e. The number of nitrogens with one attached hydrogen (secondary N) is 1. The third-order valence-electron chi connectivity index (χ3n) is 3.37. The standard InChI is InChI=1S/C14H13N3O2/c1-17-8-7-15-14(17)16-13(19)11-4-2-3-10-9(11)5-6-12(10)18/h2-4,7-8H,5-6H2,1H3,(H,15,16,19). The number of aryl methyl sites for hydroxylation is 1. The van der Waals surface area contributed by atoms with Crippen molar-refractivity contribution >= 4 is 17.6 Å². The number of benzene rings is 1. The van der Waals surface area contributed by atoms with E-state index in [0.29, 0.717) is 29.9 Å². The number of amides is 1. The zero-order valence-corrected chi connectivity index (χ0v) is 10.5. The lowest BCUT2D eigenvalue weighted by molar-refractivity contribution is 0.0993. The first-order valence-corrected chi connectivity index (χ1v) is 6.10. The van der Waals surface area contributed by atoms with Crippen LogP contribution in [-0.2, 0) is 13.5 Å². The number of fused-ring (bicyclic) bond motifs is 1. The van der Waals surface area contributed by atoms with E-state index in [1.807, 2.05) is 7.05 Å². The zero-order valence-electron chi connectivity index (χ0n) is 10.5. The Kier molecular flexibility index (Phi) is 2.67. The third kappa shape index (κ3) is 1.93. The number of ketones is 1. The van der Waals surface area contributed by atoms with Crippen molar-refractivity contribution in [1.29, 1.82) is 0 Å². The molecule has 0 spiro atoms. The normalized spacial score (nSPS) is 13.4. The Labute approximate surface area is 110 Å². The highest BCUT2D eigenvalue weighted by Crippen LogP contribution is 2.25. The molecule has 0 saturated carbocycles. The fourth-order valence-corrected chi connectivity index (χ4v) is 2.36. The van der Waals surface area contributed by atoms with Gasteiger partial charge in [-0.05, 0) is 18.1 Å². The molecule has 0 saturated heterocycles. The van der Waals surface area contributed by atoms with Gasteiger partial charge >= 0.3 is 0 Å². The molecule has 0 atom stereocenters. The van der Waals surface area contributed by atoms with Crippen LogP contribution in [-0.4, -0.2) is 21.2 Å². The van der Waals surface area contributed by atoms with E-state index in [2.05, 4.69) is 10.3 Å². The summed E-state index contributed by atoms with van der Waals surface area (Å²) >= 11 is 0. The zero-order chi connectivity index (χ0) is 13.4. The van der Waals surface area contributed by atoms with Crippen molar-refractivity contribution in [1.82, 2.24) is 9.55 Å². The molecule has 0 radical (unpaired) electrons. The summed E-state index contributed by atoms with van der Waals surface area (Å²) in [5.74, 6) is 0.384. The highest BCUT2D eigenvalue weighted by Gasteiger charge is 2.24. The molecule has 3 rings (SSSR count). The molecule has 1 N–H and O–H groups in total. The van der Waals surface area contributed by atoms with Crippen LogP contribution in [0.15, 0.2) is 30.6 Å². The summed E-state index contributed by atoms with van der Waals surface area (Å²) in [4.78, 5) is 28.0. The van der Waals surface area contributed by atoms with Gasteiger partial charge in [0, 0.05) is 37.0 Å². The molecule has 5 heteroatoms. The number of Topliss-reactive ketones (excluding diaryl/α,β-unsaturated/α-hetero) is 1. The molecule has 1 heterocycles. The molecular formula is C14H13N3O2. The van der Waals surface area contributed by atoms with Gasteiger partial charge in [0.15, 0.2) is 5.78 Å². The maximum atomic E-state index is 12.3. The minimum absolute atomic E-state index is 0.113. The monoisotopic (exact) mass is 255 g/mol. The first-order chi connectivity index (χ1) is 9.16. The molecule has 0 aliphatic heterocycles. The number of hydrogen-bond acceptors (Lipinski definition) is 3. The Morgan fingerprint density at radius 2 is 2.21 bits per heavy atom. The number of carbonyl (C=O) groups is 2. The maximum absolute atomic E-state index is 12.3. The van der Waals surface area contributed by atoms with Gasteiger partial charge in [0.25, 0.3) is 5.91 Å². The summed E-state index contributed by atoms with van der Waals surface area (Å²) in [5, 5.41) is 2.75. The lowest BCUT2D eigenvalue weighted by Crippen LogP contribution is -2.16. The quantitative estimate of drug-likeness (QED) is 0.890. The number of anilines is 1. The van der Waals surface area contributed by atoms with E-state index in [1.165, 1.54) is 0 Å². The number of rotatable bonds is 2. The van der Waals surface area contributed by atoms with Crippen LogP contribution in [0.2, 0.25) is 0 Å². The van der Waals surface area contributed by atoms with Crippen LogP contribution in [0.3, 0.4) is 0 Å². The van der Waals surface area contributed by atoms with Crippen LogP contribution in [0.5, 0.6) is 0 Å². The van der Waals surface area contributed by atoms with Crippen molar-refractivity contribution < 1.29 is 9.59 Å². The summed E-state index contributed by atoms with van der Waals surface area (Å²) in [6.07, 6.45) is 4.50. The molecule has 1 amide bonds. The molecule has 1 aromatic heterocycles. The summed E-state index contributed by atoms with van der Waals surface area (Å²) in [5.41, 5.74) is 2.08. The lowest BCUT2D eigenvalue weighted by Gasteiger charge is -2.08. The number of aromatic nitrogens is 2. The van der Waals surface area contributed by atoms with E-state index in [4.69, 9.17) is 0 Å². The van der Waals surface area contributed by atoms with Crippen LogP contribution in [0.4, 0.5) is 5.95 Å². The average molecular weight is 255 g/mol. The first kappa shape index (κ1) is 11.6. The summed E-state index contributed by atoms with van der Waals surface area (Å²) in [6, 6.07) is 5.27. The summed E-state index contributed by atoms with van der Waals surface area (Å²) in [6.45, 7) is 0. The van der Waals surface area contributed by atoms with Crippen molar-refractivity contribution in [2.45, 2.75) is 12.8 Å². The van der Waals surface area contributed by atoms with Gasteiger partial charge in [-0.15, -0.1) is 0 Å². The minimum Gasteiger partial charge on any atom is -0.320 e. The minimum atomic E-state index is -0.221. The Morgan fingerprint density at radius 1 is 1.37 bits per heavy atom. The molecule has 19 heavy (non-hydrogen) atoms. The topological polar surface area (TPSA) is 64.0 Å². The smallest absolute Gasteiger partial charge is 0.258 e. The SMILES string of the molecule is Cn1ccnc1NC(=O)c1cccc2c1CCC2=O. The van der Waals surface area contributed by atoms with Crippen LogP contribution in [0, 0.1) is 0 Å². The Balaban J connectivity index is 1.93. The molecule has 0 bridgehead atoms. The van der Waals surface area contributed by atoms with Gasteiger partial charge < -0.3 is 4.57 Å². The molecule has 1 aliphatic carbocycles. The second-order valence-corrected chi connectivity index (χ2v) is 4.57. The first-order valence-electron chi connectivity index (χ1n) is 6.10. The molecule has 96 valence electrons. The van der Waals surface area contributed by atoms with Crippen molar-refractivity contribution in [2.75, 3.05) is 5.32 Å². The molecule has 1 aromatic carbocycles. The van der Waals surface area contributed by atoms with E-state index in [0.717, 1.165) is 5.56 Å². The number of hydrogen-bond donors (Lipinski definition) is 1. The predicted octanol–water partition coefficient (Wildman–Crippen LogP) is 1.80. The van der Waals surface area contributed by atoms with Gasteiger partial charge in [0.2, 0.25) is 5.95 Å². The summed E-state index contributed by atoms with van der Waals surface area (Å²) < 4.78 is 1.73. The van der Waals surface area contributed by atoms with Crippen molar-refractivity contribution in [3.63, 3.8) is 0 Å². The molecule has 0 unspecified atom stereocenters. The van der Waals surface area contributed by atoms with E-state index < -0.39 is 0 Å². The van der Waals surface area contributed by atoms with Gasteiger partial charge in [-0.2, -0.15) is 0 Å². The van der Waals surface area contributed by atoms with E-state index >= 15 is 0 Å². The second kappa shape index (κ2) is 4.35. The van der Waals surface area contributed by atoms with Crippen molar-refractivity contribution in [3.05, 3.63) is 47.3 Å². The van der Waals surface area contributed by atoms with Crippen LogP contribution in [0.25, 0.3) is 0 Å². The second-order valence-electron chi connectivity index (χ2n) is 4.57. The fraction of sp³-hybridized carbons (Fsp3) is 0.214. The Bertz CT molecular complexity index is 673. The van der Waals surface area contributed by atoms with Gasteiger partial charge in [-0.25, -0.2) is 4.98 Å². The van der Waals surface area contributed by atoms with E-state index in [-0.39, 0.29) is 11.7 Å². The van der Waals surface area contributed by atoms with Crippen LogP contribution in [0.1, 0.15) is 32.7 Å². The van der Waals surface area contributed by atoms with Crippen LogP contribution >= 0.6 is 0 Å². The van der Waals surface area contributed by atoms with Crippen molar-refractivity contribution in [3.8, 4) is 0 Å². The average Bonchev–Trinajstić information content (AvgIpc) is 2.97. The highest BCUT2D eigenvalue weighted by atomic mass is 16.2. The number of imidazole rings is 1. The molecule has 0 fully saturated rings. The number of nitrogens with zero attached hydrogens (tertiary/aromatic N) is 2. The molecule has 2 aromatic rings.